The summed E-state index contributed by atoms with van der Waals surface area (Å²) in [6.45, 7) is 0. The molecular formula is C12H18N4OS. The van der Waals surface area contributed by atoms with Gasteiger partial charge in [0.25, 0.3) is 5.91 Å². The summed E-state index contributed by atoms with van der Waals surface area (Å²) in [5.74, 6) is 2.99. The van der Waals surface area contributed by atoms with Crippen molar-refractivity contribution >= 4 is 23.5 Å². The maximum absolute atomic E-state index is 11.6. The van der Waals surface area contributed by atoms with E-state index in [1.807, 2.05) is 17.8 Å². The first-order valence-electron chi connectivity index (χ1n) is 6.06. The molecule has 1 aromatic heterocycles. The zero-order valence-corrected chi connectivity index (χ0v) is 11.5. The Hall–Kier alpha value is -1.30. The number of amides is 1. The fourth-order valence-corrected chi connectivity index (χ4v) is 2.89. The normalized spacial score (nSPS) is 19.3. The van der Waals surface area contributed by atoms with Gasteiger partial charge in [0.15, 0.2) is 5.69 Å². The molecule has 0 aromatic carbocycles. The van der Waals surface area contributed by atoms with E-state index in [0.717, 1.165) is 11.6 Å². The molecule has 18 heavy (non-hydrogen) atoms. The van der Waals surface area contributed by atoms with Gasteiger partial charge in [-0.2, -0.15) is 11.8 Å². The van der Waals surface area contributed by atoms with Gasteiger partial charge in [-0.15, -0.1) is 10.2 Å². The van der Waals surface area contributed by atoms with Crippen molar-refractivity contribution < 1.29 is 4.79 Å². The smallest absolute Gasteiger partial charge is 0.273 e. The van der Waals surface area contributed by atoms with E-state index in [1.54, 1.807) is 20.2 Å². The number of hydrogen-bond donors (Lipinski definition) is 1. The van der Waals surface area contributed by atoms with Crippen LogP contribution in [-0.2, 0) is 0 Å². The molecule has 0 bridgehead atoms. The Morgan fingerprint density at radius 3 is 2.83 bits per heavy atom. The number of nitrogens with one attached hydrogen (secondary N) is 1. The van der Waals surface area contributed by atoms with E-state index in [1.165, 1.54) is 23.5 Å². The molecule has 2 heterocycles. The van der Waals surface area contributed by atoms with Crippen LogP contribution in [0.25, 0.3) is 0 Å². The Labute approximate surface area is 111 Å². The molecule has 98 valence electrons. The van der Waals surface area contributed by atoms with Gasteiger partial charge in [0.1, 0.15) is 5.82 Å². The van der Waals surface area contributed by atoms with Crippen molar-refractivity contribution in [3.05, 3.63) is 17.8 Å². The first kappa shape index (κ1) is 13.1. The van der Waals surface area contributed by atoms with Crippen LogP contribution in [0.4, 0.5) is 5.82 Å². The molecule has 5 nitrogen and oxygen atoms in total. The number of carbonyl (C=O) groups excluding carboxylic acids is 1. The second-order valence-corrected chi connectivity index (χ2v) is 5.71. The number of rotatable bonds is 3. The lowest BCUT2D eigenvalue weighted by atomic mass is 10.2. The summed E-state index contributed by atoms with van der Waals surface area (Å²) in [6, 6.07) is 4.00. The number of nitrogens with zero attached hydrogens (tertiary/aromatic N) is 3. The van der Waals surface area contributed by atoms with Gasteiger partial charge in [-0.05, 0) is 30.7 Å². The summed E-state index contributed by atoms with van der Waals surface area (Å²) in [5.41, 5.74) is 0.378. The van der Waals surface area contributed by atoms with Gasteiger partial charge < -0.3 is 10.2 Å². The zero-order chi connectivity index (χ0) is 13.0. The van der Waals surface area contributed by atoms with Crippen molar-refractivity contribution in [1.29, 1.82) is 0 Å². The van der Waals surface area contributed by atoms with Crippen LogP contribution in [0.5, 0.6) is 0 Å². The van der Waals surface area contributed by atoms with E-state index in [4.69, 9.17) is 0 Å². The third-order valence-corrected chi connectivity index (χ3v) is 4.02. The summed E-state index contributed by atoms with van der Waals surface area (Å²) in [7, 11) is 3.41. The Kier molecular flexibility index (Phi) is 4.41. The summed E-state index contributed by atoms with van der Waals surface area (Å²) >= 11 is 1.96. The molecule has 1 aliphatic heterocycles. The molecule has 1 saturated heterocycles. The first-order valence-corrected chi connectivity index (χ1v) is 7.22. The zero-order valence-electron chi connectivity index (χ0n) is 10.7. The van der Waals surface area contributed by atoms with Gasteiger partial charge in [-0.1, -0.05) is 0 Å². The SMILES string of the molecule is CN(C)C(=O)c1ccc(NC2CCCSC2)nn1. The molecule has 1 fully saturated rings. The average Bonchev–Trinajstić information content (AvgIpc) is 2.40. The molecule has 1 aliphatic rings. The van der Waals surface area contributed by atoms with Gasteiger partial charge in [-0.3, -0.25) is 4.79 Å². The lowest BCUT2D eigenvalue weighted by Gasteiger charge is -2.22. The second-order valence-electron chi connectivity index (χ2n) is 4.56. The molecule has 1 atom stereocenters. The van der Waals surface area contributed by atoms with Crippen LogP contribution in [-0.4, -0.2) is 52.6 Å². The van der Waals surface area contributed by atoms with E-state index in [0.29, 0.717) is 11.7 Å². The van der Waals surface area contributed by atoms with Gasteiger partial charge >= 0.3 is 0 Å². The summed E-state index contributed by atoms with van der Waals surface area (Å²) in [5, 5.41) is 11.4. The summed E-state index contributed by atoms with van der Waals surface area (Å²) in [6.07, 6.45) is 2.42. The first-order chi connectivity index (χ1) is 8.66. The summed E-state index contributed by atoms with van der Waals surface area (Å²) in [4.78, 5) is 13.1. The minimum absolute atomic E-state index is 0.123. The highest BCUT2D eigenvalue weighted by Crippen LogP contribution is 2.19. The second kappa shape index (κ2) is 6.04. The molecule has 1 aromatic rings. The number of anilines is 1. The van der Waals surface area contributed by atoms with Crippen LogP contribution in [0.1, 0.15) is 23.3 Å². The third kappa shape index (κ3) is 3.35. The third-order valence-electron chi connectivity index (χ3n) is 2.80. The van der Waals surface area contributed by atoms with Crippen LogP contribution in [0, 0.1) is 0 Å². The predicted molar refractivity (Wildman–Crippen MR) is 74.0 cm³/mol. The Balaban J connectivity index is 1.96. The number of hydrogen-bond acceptors (Lipinski definition) is 5. The van der Waals surface area contributed by atoms with Crippen molar-refractivity contribution in [3.63, 3.8) is 0 Å². The highest BCUT2D eigenvalue weighted by atomic mass is 32.2. The topological polar surface area (TPSA) is 58.1 Å². The van der Waals surface area contributed by atoms with Crippen molar-refractivity contribution in [3.8, 4) is 0 Å². The lowest BCUT2D eigenvalue weighted by Crippen LogP contribution is -2.27. The van der Waals surface area contributed by atoms with Crippen LogP contribution in [0.15, 0.2) is 12.1 Å². The molecule has 0 spiro atoms. The molecule has 6 heteroatoms. The minimum atomic E-state index is -0.123. The van der Waals surface area contributed by atoms with Crippen LogP contribution >= 0.6 is 11.8 Å². The molecule has 0 radical (unpaired) electrons. The van der Waals surface area contributed by atoms with Crippen LogP contribution in [0.2, 0.25) is 0 Å². The Bertz CT molecular complexity index is 401. The fraction of sp³-hybridized carbons (Fsp3) is 0.583. The van der Waals surface area contributed by atoms with E-state index in [2.05, 4.69) is 15.5 Å². The number of aromatic nitrogens is 2. The molecule has 2 rings (SSSR count). The molecule has 1 unspecified atom stereocenters. The monoisotopic (exact) mass is 266 g/mol. The Morgan fingerprint density at radius 1 is 1.44 bits per heavy atom. The minimum Gasteiger partial charge on any atom is -0.365 e. The Morgan fingerprint density at radius 2 is 2.28 bits per heavy atom. The molecule has 0 aliphatic carbocycles. The van der Waals surface area contributed by atoms with E-state index < -0.39 is 0 Å². The highest BCUT2D eigenvalue weighted by Gasteiger charge is 2.15. The summed E-state index contributed by atoms with van der Waals surface area (Å²) < 4.78 is 0. The number of thioether (sulfide) groups is 1. The van der Waals surface area contributed by atoms with Crippen molar-refractivity contribution in [2.75, 3.05) is 30.9 Å². The van der Waals surface area contributed by atoms with Crippen molar-refractivity contribution in [1.82, 2.24) is 15.1 Å². The molecule has 0 saturated carbocycles. The number of carbonyl (C=O) groups is 1. The highest BCUT2D eigenvalue weighted by molar-refractivity contribution is 7.99. The van der Waals surface area contributed by atoms with Crippen LogP contribution < -0.4 is 5.32 Å². The van der Waals surface area contributed by atoms with Gasteiger partial charge in [0.05, 0.1) is 0 Å². The standard InChI is InChI=1S/C12H18N4OS/c1-16(2)12(17)10-5-6-11(15-14-10)13-9-4-3-7-18-8-9/h5-6,9H,3-4,7-8H2,1-2H3,(H,13,15). The van der Waals surface area contributed by atoms with Gasteiger partial charge in [-0.25, -0.2) is 0 Å². The van der Waals surface area contributed by atoms with E-state index in [9.17, 15) is 4.79 Å². The van der Waals surface area contributed by atoms with Gasteiger partial charge in [0.2, 0.25) is 0 Å². The molecule has 1 N–H and O–H groups in total. The van der Waals surface area contributed by atoms with Crippen molar-refractivity contribution in [2.24, 2.45) is 0 Å². The fourth-order valence-electron chi connectivity index (χ4n) is 1.82. The lowest BCUT2D eigenvalue weighted by molar-refractivity contribution is 0.0821. The van der Waals surface area contributed by atoms with Crippen molar-refractivity contribution in [2.45, 2.75) is 18.9 Å². The van der Waals surface area contributed by atoms with E-state index >= 15 is 0 Å². The predicted octanol–water partition coefficient (Wildman–Crippen LogP) is 1.49. The largest absolute Gasteiger partial charge is 0.365 e. The van der Waals surface area contributed by atoms with Crippen LogP contribution in [0.3, 0.4) is 0 Å². The van der Waals surface area contributed by atoms with E-state index in [-0.39, 0.29) is 5.91 Å². The quantitative estimate of drug-likeness (QED) is 0.898. The maximum atomic E-state index is 11.6. The molecule has 1 amide bonds. The average molecular weight is 266 g/mol. The maximum Gasteiger partial charge on any atom is 0.273 e. The van der Waals surface area contributed by atoms with Gasteiger partial charge in [0, 0.05) is 25.9 Å². The molecular weight excluding hydrogens is 248 g/mol.